The summed E-state index contributed by atoms with van der Waals surface area (Å²) in [7, 11) is 0. The average Bonchev–Trinajstić information content (AvgIpc) is 2.92. The number of carbonyl (C=O) groups is 3. The lowest BCUT2D eigenvalue weighted by atomic mass is 9.89. The maximum absolute atomic E-state index is 12.2. The summed E-state index contributed by atoms with van der Waals surface area (Å²) in [6.07, 6.45) is 5.76. The molecule has 1 heterocycles. The normalized spacial score (nSPS) is 22.0. The van der Waals surface area contributed by atoms with E-state index in [0.29, 0.717) is 38.5 Å². The van der Waals surface area contributed by atoms with E-state index in [0.717, 1.165) is 25.7 Å². The van der Waals surface area contributed by atoms with E-state index in [1.807, 2.05) is 0 Å². The highest BCUT2D eigenvalue weighted by molar-refractivity contribution is 5.89. The minimum Gasteiger partial charge on any atom is -0.354 e. The van der Waals surface area contributed by atoms with Crippen LogP contribution in [0.25, 0.3) is 0 Å². The Kier molecular flexibility index (Phi) is 7.06. The molecule has 136 valence electrons. The third-order valence-electron chi connectivity index (χ3n) is 4.87. The number of amides is 3. The molecular formula is C18H31N3O3. The lowest BCUT2D eigenvalue weighted by molar-refractivity contribution is -0.129. The Morgan fingerprint density at radius 2 is 1.62 bits per heavy atom. The first-order valence-corrected chi connectivity index (χ1v) is 9.30. The molecule has 0 aromatic rings. The number of nitrogens with zero attached hydrogens (tertiary/aromatic N) is 1. The Morgan fingerprint density at radius 1 is 1.04 bits per heavy atom. The predicted molar refractivity (Wildman–Crippen MR) is 92.1 cm³/mol. The molecule has 6 nitrogen and oxygen atoms in total. The molecule has 0 aromatic carbocycles. The van der Waals surface area contributed by atoms with Crippen molar-refractivity contribution in [1.29, 1.82) is 0 Å². The molecule has 2 fully saturated rings. The van der Waals surface area contributed by atoms with Crippen molar-refractivity contribution in [2.45, 2.75) is 52.4 Å². The summed E-state index contributed by atoms with van der Waals surface area (Å²) in [6.45, 7) is 6.23. The van der Waals surface area contributed by atoms with Gasteiger partial charge < -0.3 is 15.5 Å². The van der Waals surface area contributed by atoms with Crippen LogP contribution in [-0.4, -0.2) is 48.8 Å². The van der Waals surface area contributed by atoms with Crippen LogP contribution in [0.1, 0.15) is 52.4 Å². The molecule has 0 unspecified atom stereocenters. The summed E-state index contributed by atoms with van der Waals surface area (Å²) in [5.74, 6) is 0.390. The van der Waals surface area contributed by atoms with Crippen molar-refractivity contribution in [3.63, 3.8) is 0 Å². The second-order valence-corrected chi connectivity index (χ2v) is 7.51. The standard InChI is InChI=1S/C18H31N3O3/c1-13(2)11-21-12-15(10-16(21)22)18(24)20-9-8-19-17(23)14-6-4-3-5-7-14/h13-15H,3-12H2,1-2H3,(H,19,23)(H,20,24)/t15-/m0/s1. The number of rotatable bonds is 7. The number of likely N-dealkylation sites (tertiary alicyclic amines) is 1. The van der Waals surface area contributed by atoms with Gasteiger partial charge in [0.1, 0.15) is 0 Å². The van der Waals surface area contributed by atoms with Crippen LogP contribution in [0.15, 0.2) is 0 Å². The van der Waals surface area contributed by atoms with Gasteiger partial charge in [-0.25, -0.2) is 0 Å². The molecule has 2 N–H and O–H groups in total. The van der Waals surface area contributed by atoms with Crippen molar-refractivity contribution in [3.05, 3.63) is 0 Å². The van der Waals surface area contributed by atoms with Crippen molar-refractivity contribution >= 4 is 17.7 Å². The molecule has 0 bridgehead atoms. The summed E-state index contributed by atoms with van der Waals surface area (Å²) in [6, 6.07) is 0. The molecule has 0 radical (unpaired) electrons. The van der Waals surface area contributed by atoms with Crippen LogP contribution in [0, 0.1) is 17.8 Å². The van der Waals surface area contributed by atoms with E-state index in [-0.39, 0.29) is 29.6 Å². The molecule has 3 amide bonds. The summed E-state index contributed by atoms with van der Waals surface area (Å²) in [4.78, 5) is 37.9. The van der Waals surface area contributed by atoms with Crippen LogP contribution in [0.3, 0.4) is 0 Å². The van der Waals surface area contributed by atoms with Gasteiger partial charge in [0, 0.05) is 38.5 Å². The van der Waals surface area contributed by atoms with E-state index >= 15 is 0 Å². The maximum atomic E-state index is 12.2. The van der Waals surface area contributed by atoms with Gasteiger partial charge in [-0.15, -0.1) is 0 Å². The Hall–Kier alpha value is -1.59. The molecule has 1 saturated carbocycles. The first-order valence-electron chi connectivity index (χ1n) is 9.30. The number of carbonyl (C=O) groups excluding carboxylic acids is 3. The van der Waals surface area contributed by atoms with Crippen molar-refractivity contribution in [3.8, 4) is 0 Å². The fourth-order valence-electron chi connectivity index (χ4n) is 3.59. The zero-order chi connectivity index (χ0) is 17.5. The Balaban J connectivity index is 1.63. The van der Waals surface area contributed by atoms with E-state index in [1.54, 1.807) is 4.90 Å². The van der Waals surface area contributed by atoms with Gasteiger partial charge in [0.25, 0.3) is 0 Å². The average molecular weight is 337 g/mol. The van der Waals surface area contributed by atoms with Crippen molar-refractivity contribution in [2.24, 2.45) is 17.8 Å². The molecule has 0 aromatic heterocycles. The van der Waals surface area contributed by atoms with Gasteiger partial charge in [0.05, 0.1) is 5.92 Å². The van der Waals surface area contributed by atoms with E-state index in [1.165, 1.54) is 6.42 Å². The van der Waals surface area contributed by atoms with Gasteiger partial charge in [0.2, 0.25) is 17.7 Å². The largest absolute Gasteiger partial charge is 0.354 e. The van der Waals surface area contributed by atoms with Crippen LogP contribution in [0.4, 0.5) is 0 Å². The molecular weight excluding hydrogens is 306 g/mol. The molecule has 6 heteroatoms. The minimum absolute atomic E-state index is 0.0643. The molecule has 2 rings (SSSR count). The van der Waals surface area contributed by atoms with E-state index < -0.39 is 0 Å². The number of nitrogens with one attached hydrogen (secondary N) is 2. The van der Waals surface area contributed by atoms with Gasteiger partial charge >= 0.3 is 0 Å². The first kappa shape index (κ1) is 18.7. The van der Waals surface area contributed by atoms with E-state index in [2.05, 4.69) is 24.5 Å². The summed E-state index contributed by atoms with van der Waals surface area (Å²) >= 11 is 0. The second kappa shape index (κ2) is 9.04. The summed E-state index contributed by atoms with van der Waals surface area (Å²) in [5, 5.41) is 5.76. The van der Waals surface area contributed by atoms with Crippen LogP contribution in [-0.2, 0) is 14.4 Å². The molecule has 1 saturated heterocycles. The van der Waals surface area contributed by atoms with Crippen LogP contribution in [0.2, 0.25) is 0 Å². The molecule has 1 atom stereocenters. The topological polar surface area (TPSA) is 78.5 Å². The van der Waals surface area contributed by atoms with Crippen LogP contribution >= 0.6 is 0 Å². The highest BCUT2D eigenvalue weighted by Crippen LogP contribution is 2.23. The highest BCUT2D eigenvalue weighted by atomic mass is 16.2. The molecule has 0 spiro atoms. The number of hydrogen-bond acceptors (Lipinski definition) is 3. The maximum Gasteiger partial charge on any atom is 0.225 e. The molecule has 2 aliphatic rings. The third kappa shape index (κ3) is 5.49. The van der Waals surface area contributed by atoms with E-state index in [4.69, 9.17) is 0 Å². The number of hydrogen-bond donors (Lipinski definition) is 2. The van der Waals surface area contributed by atoms with Crippen LogP contribution < -0.4 is 10.6 Å². The monoisotopic (exact) mass is 337 g/mol. The fourth-order valence-corrected chi connectivity index (χ4v) is 3.59. The van der Waals surface area contributed by atoms with Gasteiger partial charge in [0.15, 0.2) is 0 Å². The first-order chi connectivity index (χ1) is 11.5. The van der Waals surface area contributed by atoms with Gasteiger partial charge in [-0.3, -0.25) is 14.4 Å². The minimum atomic E-state index is -0.259. The SMILES string of the molecule is CC(C)CN1C[C@@H](C(=O)NCCNC(=O)C2CCCCC2)CC1=O. The smallest absolute Gasteiger partial charge is 0.225 e. The summed E-state index contributed by atoms with van der Waals surface area (Å²) in [5.41, 5.74) is 0. The Bertz CT molecular complexity index is 458. The lowest BCUT2D eigenvalue weighted by Gasteiger charge is -2.21. The Labute approximate surface area is 144 Å². The third-order valence-corrected chi connectivity index (χ3v) is 4.87. The van der Waals surface area contributed by atoms with Crippen molar-refractivity contribution in [2.75, 3.05) is 26.2 Å². The molecule has 1 aliphatic heterocycles. The van der Waals surface area contributed by atoms with Crippen LogP contribution in [0.5, 0.6) is 0 Å². The summed E-state index contributed by atoms with van der Waals surface area (Å²) < 4.78 is 0. The molecule has 24 heavy (non-hydrogen) atoms. The van der Waals surface area contributed by atoms with Crippen molar-refractivity contribution in [1.82, 2.24) is 15.5 Å². The van der Waals surface area contributed by atoms with Gasteiger partial charge in [-0.05, 0) is 18.8 Å². The zero-order valence-corrected chi connectivity index (χ0v) is 15.0. The van der Waals surface area contributed by atoms with Crippen molar-refractivity contribution < 1.29 is 14.4 Å². The highest BCUT2D eigenvalue weighted by Gasteiger charge is 2.34. The van der Waals surface area contributed by atoms with Gasteiger partial charge in [-0.2, -0.15) is 0 Å². The van der Waals surface area contributed by atoms with E-state index in [9.17, 15) is 14.4 Å². The predicted octanol–water partition coefficient (Wildman–Crippen LogP) is 1.30. The second-order valence-electron chi connectivity index (χ2n) is 7.51. The fraction of sp³-hybridized carbons (Fsp3) is 0.833. The molecule has 1 aliphatic carbocycles. The quantitative estimate of drug-likeness (QED) is 0.688. The lowest BCUT2D eigenvalue weighted by Crippen LogP contribution is -2.40. The van der Waals surface area contributed by atoms with Gasteiger partial charge in [-0.1, -0.05) is 33.1 Å². The Morgan fingerprint density at radius 3 is 2.21 bits per heavy atom. The zero-order valence-electron chi connectivity index (χ0n) is 15.0.